The molecule has 0 radical (unpaired) electrons. The highest BCUT2D eigenvalue weighted by Crippen LogP contribution is 2.29. The second-order valence-corrected chi connectivity index (χ2v) is 4.86. The molecule has 1 aromatic carbocycles. The fraction of sp³-hybridized carbons (Fsp3) is 0.154. The van der Waals surface area contributed by atoms with E-state index in [1.54, 1.807) is 18.1 Å². The molecule has 0 aliphatic carbocycles. The number of benzene rings is 1. The lowest BCUT2D eigenvalue weighted by molar-refractivity contribution is 0.776. The number of fused-ring (bicyclic) bond motifs is 1. The number of hydrogen-bond donors (Lipinski definition) is 0. The van der Waals surface area contributed by atoms with Crippen molar-refractivity contribution in [1.82, 2.24) is 19.5 Å². The zero-order chi connectivity index (χ0) is 12.4. The first kappa shape index (κ1) is 11.2. The van der Waals surface area contributed by atoms with Crippen LogP contribution in [0.4, 0.5) is 0 Å². The van der Waals surface area contributed by atoms with Crippen molar-refractivity contribution in [3.8, 4) is 0 Å². The number of aromatic nitrogens is 4. The third-order valence-electron chi connectivity index (χ3n) is 2.67. The van der Waals surface area contributed by atoms with Crippen LogP contribution in [0, 0.1) is 0 Å². The minimum Gasteiger partial charge on any atom is -0.315 e. The van der Waals surface area contributed by atoms with Crippen molar-refractivity contribution in [2.75, 3.05) is 0 Å². The molecule has 0 aliphatic rings. The van der Waals surface area contributed by atoms with Crippen LogP contribution in [0.25, 0.3) is 11.2 Å². The molecule has 90 valence electrons. The first-order valence-electron chi connectivity index (χ1n) is 5.77. The topological polar surface area (TPSA) is 43.6 Å². The van der Waals surface area contributed by atoms with E-state index in [-0.39, 0.29) is 0 Å². The Kier molecular flexibility index (Phi) is 2.98. The highest BCUT2D eigenvalue weighted by molar-refractivity contribution is 7.99. The van der Waals surface area contributed by atoms with Gasteiger partial charge in [0.15, 0.2) is 5.65 Å². The molecule has 0 spiro atoms. The van der Waals surface area contributed by atoms with Gasteiger partial charge in [-0.05, 0) is 19.1 Å². The van der Waals surface area contributed by atoms with Crippen LogP contribution in [0.1, 0.15) is 6.92 Å². The Labute approximate surface area is 109 Å². The summed E-state index contributed by atoms with van der Waals surface area (Å²) in [4.78, 5) is 14.2. The Morgan fingerprint density at radius 1 is 1.11 bits per heavy atom. The minimum atomic E-state index is 0.864. The van der Waals surface area contributed by atoms with Crippen LogP contribution in [-0.2, 0) is 6.54 Å². The van der Waals surface area contributed by atoms with E-state index in [0.717, 1.165) is 27.6 Å². The molecule has 0 fully saturated rings. The number of imidazole rings is 1. The molecule has 0 bridgehead atoms. The number of rotatable bonds is 3. The maximum Gasteiger partial charge on any atom is 0.164 e. The molecule has 0 atom stereocenters. The van der Waals surface area contributed by atoms with Crippen LogP contribution in [0.15, 0.2) is 52.9 Å². The van der Waals surface area contributed by atoms with Crippen molar-refractivity contribution in [2.24, 2.45) is 0 Å². The highest BCUT2D eigenvalue weighted by atomic mass is 32.2. The zero-order valence-electron chi connectivity index (χ0n) is 9.95. The van der Waals surface area contributed by atoms with Crippen LogP contribution in [-0.4, -0.2) is 19.5 Å². The van der Waals surface area contributed by atoms with E-state index in [2.05, 4.69) is 34.0 Å². The van der Waals surface area contributed by atoms with Gasteiger partial charge in [0.25, 0.3) is 0 Å². The van der Waals surface area contributed by atoms with Gasteiger partial charge in [0.05, 0.1) is 6.33 Å². The summed E-state index contributed by atoms with van der Waals surface area (Å²) in [6.07, 6.45) is 3.41. The summed E-state index contributed by atoms with van der Waals surface area (Å²) < 4.78 is 2.02. The molecule has 18 heavy (non-hydrogen) atoms. The Bertz CT molecular complexity index is 663. The standard InChI is InChI=1S/C13H12N4S/c1-2-17-9-16-11-12(17)14-8-15-13(11)18-10-6-4-3-5-7-10/h3-9H,2H2,1H3. The normalized spacial score (nSPS) is 10.9. The molecule has 3 rings (SSSR count). The molecule has 0 unspecified atom stereocenters. The van der Waals surface area contributed by atoms with Gasteiger partial charge in [-0.25, -0.2) is 15.0 Å². The van der Waals surface area contributed by atoms with Gasteiger partial charge in [-0.15, -0.1) is 0 Å². The smallest absolute Gasteiger partial charge is 0.164 e. The van der Waals surface area contributed by atoms with Gasteiger partial charge in [0, 0.05) is 11.4 Å². The molecular weight excluding hydrogens is 244 g/mol. The molecule has 0 saturated heterocycles. The molecule has 0 N–H and O–H groups in total. The van der Waals surface area contributed by atoms with E-state index in [1.165, 1.54) is 0 Å². The molecule has 0 aliphatic heterocycles. The molecule has 0 saturated carbocycles. The maximum absolute atomic E-state index is 4.40. The first-order chi connectivity index (χ1) is 8.88. The van der Waals surface area contributed by atoms with E-state index in [9.17, 15) is 0 Å². The summed E-state index contributed by atoms with van der Waals surface area (Å²) in [5, 5.41) is 0.901. The molecule has 3 aromatic rings. The minimum absolute atomic E-state index is 0.864. The second-order valence-electron chi connectivity index (χ2n) is 3.80. The van der Waals surface area contributed by atoms with Gasteiger partial charge >= 0.3 is 0 Å². The Hall–Kier alpha value is -1.88. The van der Waals surface area contributed by atoms with Gasteiger partial charge in [0.2, 0.25) is 0 Å². The third kappa shape index (κ3) is 1.97. The van der Waals surface area contributed by atoms with Gasteiger partial charge < -0.3 is 4.57 Å². The number of nitrogens with zero attached hydrogens (tertiary/aromatic N) is 4. The van der Waals surface area contributed by atoms with Gasteiger partial charge in [-0.1, -0.05) is 30.0 Å². The van der Waals surface area contributed by atoms with E-state index in [0.29, 0.717) is 0 Å². The number of aryl methyl sites for hydroxylation is 1. The summed E-state index contributed by atoms with van der Waals surface area (Å²) in [6, 6.07) is 10.2. The summed E-state index contributed by atoms with van der Waals surface area (Å²) in [7, 11) is 0. The molecule has 2 aromatic heterocycles. The summed E-state index contributed by atoms with van der Waals surface area (Å²) in [6.45, 7) is 2.94. The summed E-state index contributed by atoms with van der Waals surface area (Å²) >= 11 is 1.61. The van der Waals surface area contributed by atoms with Crippen molar-refractivity contribution >= 4 is 22.9 Å². The Balaban J connectivity index is 2.05. The van der Waals surface area contributed by atoms with Crippen LogP contribution in [0.3, 0.4) is 0 Å². The van der Waals surface area contributed by atoms with Crippen LogP contribution >= 0.6 is 11.8 Å². The largest absolute Gasteiger partial charge is 0.315 e. The number of hydrogen-bond acceptors (Lipinski definition) is 4. The van der Waals surface area contributed by atoms with Crippen LogP contribution in [0.2, 0.25) is 0 Å². The maximum atomic E-state index is 4.40. The van der Waals surface area contributed by atoms with Crippen molar-refractivity contribution in [3.63, 3.8) is 0 Å². The van der Waals surface area contributed by atoms with Gasteiger partial charge in [-0.3, -0.25) is 0 Å². The van der Waals surface area contributed by atoms with Gasteiger partial charge in [0.1, 0.15) is 16.9 Å². The van der Waals surface area contributed by atoms with Crippen LogP contribution in [0.5, 0.6) is 0 Å². The lowest BCUT2D eigenvalue weighted by atomic mass is 10.4. The van der Waals surface area contributed by atoms with E-state index in [4.69, 9.17) is 0 Å². The van der Waals surface area contributed by atoms with E-state index in [1.807, 2.05) is 29.1 Å². The molecule has 5 heteroatoms. The monoisotopic (exact) mass is 256 g/mol. The highest BCUT2D eigenvalue weighted by Gasteiger charge is 2.10. The second kappa shape index (κ2) is 4.78. The lowest BCUT2D eigenvalue weighted by Crippen LogP contribution is -1.94. The quantitative estimate of drug-likeness (QED) is 0.676. The third-order valence-corrected chi connectivity index (χ3v) is 3.67. The average Bonchev–Trinajstić information content (AvgIpc) is 2.84. The van der Waals surface area contributed by atoms with Crippen molar-refractivity contribution in [3.05, 3.63) is 43.0 Å². The van der Waals surface area contributed by atoms with Crippen molar-refractivity contribution in [1.29, 1.82) is 0 Å². The van der Waals surface area contributed by atoms with E-state index >= 15 is 0 Å². The Morgan fingerprint density at radius 2 is 1.94 bits per heavy atom. The average molecular weight is 256 g/mol. The van der Waals surface area contributed by atoms with Crippen LogP contribution < -0.4 is 0 Å². The Morgan fingerprint density at radius 3 is 2.72 bits per heavy atom. The van der Waals surface area contributed by atoms with Crippen molar-refractivity contribution < 1.29 is 0 Å². The lowest BCUT2D eigenvalue weighted by Gasteiger charge is -2.02. The summed E-state index contributed by atoms with van der Waals surface area (Å²) in [5.74, 6) is 0. The first-order valence-corrected chi connectivity index (χ1v) is 6.59. The zero-order valence-corrected chi connectivity index (χ0v) is 10.8. The van der Waals surface area contributed by atoms with E-state index < -0.39 is 0 Å². The molecular formula is C13H12N4S. The van der Waals surface area contributed by atoms with Gasteiger partial charge in [-0.2, -0.15) is 0 Å². The molecule has 0 amide bonds. The molecule has 2 heterocycles. The SMILES string of the molecule is CCn1cnc2c(Sc3ccccc3)ncnc21. The predicted octanol–water partition coefficient (Wildman–Crippen LogP) is 3.00. The van der Waals surface area contributed by atoms with Crippen molar-refractivity contribution in [2.45, 2.75) is 23.4 Å². The molecule has 4 nitrogen and oxygen atoms in total. The fourth-order valence-electron chi connectivity index (χ4n) is 1.77. The predicted molar refractivity (Wildman–Crippen MR) is 71.6 cm³/mol. The fourth-order valence-corrected chi connectivity index (χ4v) is 2.62. The summed E-state index contributed by atoms with van der Waals surface area (Å²) in [5.41, 5.74) is 1.76.